The van der Waals surface area contributed by atoms with Crippen LogP contribution in [0.15, 0.2) is 30.2 Å². The van der Waals surface area contributed by atoms with Gasteiger partial charge in [0.15, 0.2) is 0 Å². The third-order valence-electron chi connectivity index (χ3n) is 1.36. The van der Waals surface area contributed by atoms with E-state index in [1.165, 1.54) is 28.7 Å². The highest BCUT2D eigenvalue weighted by Gasteiger charge is 2.08. The van der Waals surface area contributed by atoms with E-state index in [0.29, 0.717) is 4.88 Å². The molecule has 2 aromatic heterocycles. The fourth-order valence-electron chi connectivity index (χ4n) is 0.826. The van der Waals surface area contributed by atoms with E-state index in [4.69, 9.17) is 0 Å². The van der Waals surface area contributed by atoms with Gasteiger partial charge in [-0.3, -0.25) is 4.79 Å². The molecule has 0 aliphatic rings. The lowest BCUT2D eigenvalue weighted by atomic mass is 10.4. The van der Waals surface area contributed by atoms with Crippen LogP contribution in [0.25, 0.3) is 0 Å². The van der Waals surface area contributed by atoms with E-state index in [1.807, 2.05) is 11.4 Å². The van der Waals surface area contributed by atoms with Crippen molar-refractivity contribution in [2.75, 3.05) is 0 Å². The molecule has 5 heteroatoms. The van der Waals surface area contributed by atoms with E-state index >= 15 is 0 Å². The molecular formula is C7H5N3OS. The zero-order chi connectivity index (χ0) is 8.39. The first kappa shape index (κ1) is 7.17. The lowest BCUT2D eigenvalue weighted by Gasteiger charge is -1.92. The maximum Gasteiger partial charge on any atom is 0.289 e. The number of rotatable bonds is 1. The van der Waals surface area contributed by atoms with Gasteiger partial charge in [0.1, 0.15) is 12.7 Å². The van der Waals surface area contributed by atoms with E-state index in [2.05, 4.69) is 10.1 Å². The van der Waals surface area contributed by atoms with Gasteiger partial charge in [0.05, 0.1) is 4.88 Å². The Morgan fingerprint density at radius 1 is 1.58 bits per heavy atom. The zero-order valence-corrected chi connectivity index (χ0v) is 6.86. The molecule has 0 bridgehead atoms. The maximum atomic E-state index is 11.4. The van der Waals surface area contributed by atoms with Crippen LogP contribution < -0.4 is 0 Å². The van der Waals surface area contributed by atoms with Gasteiger partial charge < -0.3 is 0 Å². The predicted octanol–water partition coefficient (Wildman–Crippen LogP) is 1.03. The molecule has 0 aliphatic carbocycles. The molecule has 0 radical (unpaired) electrons. The standard InChI is InChI=1S/C7H5N3OS/c11-7(6-2-1-3-12-6)10-5-8-4-9-10/h1-5H. The van der Waals surface area contributed by atoms with Crippen molar-refractivity contribution in [1.82, 2.24) is 14.8 Å². The van der Waals surface area contributed by atoms with E-state index in [-0.39, 0.29) is 5.91 Å². The quantitative estimate of drug-likeness (QED) is 0.656. The van der Waals surface area contributed by atoms with Gasteiger partial charge in [0.2, 0.25) is 0 Å². The molecule has 2 rings (SSSR count). The Morgan fingerprint density at radius 2 is 2.50 bits per heavy atom. The summed E-state index contributed by atoms with van der Waals surface area (Å²) in [5.41, 5.74) is 0. The van der Waals surface area contributed by atoms with E-state index in [1.54, 1.807) is 6.07 Å². The second-order valence-electron chi connectivity index (χ2n) is 2.12. The van der Waals surface area contributed by atoms with Crippen LogP contribution in [-0.4, -0.2) is 20.7 Å². The van der Waals surface area contributed by atoms with Crippen LogP contribution in [0.2, 0.25) is 0 Å². The first-order chi connectivity index (χ1) is 5.88. The highest BCUT2D eigenvalue weighted by Crippen LogP contribution is 2.09. The minimum Gasteiger partial charge on any atom is -0.266 e. The number of hydrogen-bond acceptors (Lipinski definition) is 4. The molecule has 0 saturated heterocycles. The molecule has 12 heavy (non-hydrogen) atoms. The molecule has 4 nitrogen and oxygen atoms in total. The molecule has 0 amide bonds. The second-order valence-corrected chi connectivity index (χ2v) is 3.07. The Kier molecular flexibility index (Phi) is 1.71. The summed E-state index contributed by atoms with van der Waals surface area (Å²) in [6.45, 7) is 0. The smallest absolute Gasteiger partial charge is 0.266 e. The third kappa shape index (κ3) is 1.14. The monoisotopic (exact) mass is 179 g/mol. The van der Waals surface area contributed by atoms with Gasteiger partial charge in [-0.25, -0.2) is 4.98 Å². The van der Waals surface area contributed by atoms with Gasteiger partial charge in [0, 0.05) is 0 Å². The van der Waals surface area contributed by atoms with Gasteiger partial charge in [-0.05, 0) is 11.4 Å². The average molecular weight is 179 g/mol. The van der Waals surface area contributed by atoms with Crippen molar-refractivity contribution < 1.29 is 4.79 Å². The second kappa shape index (κ2) is 2.86. The minimum atomic E-state index is -0.137. The average Bonchev–Trinajstić information content (AvgIpc) is 2.77. The first-order valence-corrected chi connectivity index (χ1v) is 4.19. The first-order valence-electron chi connectivity index (χ1n) is 3.31. The van der Waals surface area contributed by atoms with E-state index in [9.17, 15) is 4.79 Å². The topological polar surface area (TPSA) is 47.8 Å². The molecule has 0 saturated carbocycles. The third-order valence-corrected chi connectivity index (χ3v) is 2.22. The fraction of sp³-hybridized carbons (Fsp3) is 0. The van der Waals surface area contributed by atoms with Crippen LogP contribution in [0.5, 0.6) is 0 Å². The van der Waals surface area contributed by atoms with Gasteiger partial charge in [-0.2, -0.15) is 9.78 Å². The van der Waals surface area contributed by atoms with Gasteiger partial charge in [-0.1, -0.05) is 6.07 Å². The summed E-state index contributed by atoms with van der Waals surface area (Å²) in [5.74, 6) is -0.137. The number of nitrogens with zero attached hydrogens (tertiary/aromatic N) is 3. The Hall–Kier alpha value is -1.49. The molecule has 0 aromatic carbocycles. The summed E-state index contributed by atoms with van der Waals surface area (Å²) in [6.07, 6.45) is 2.73. The molecule has 2 aromatic rings. The number of carbonyl (C=O) groups excluding carboxylic acids is 1. The van der Waals surface area contributed by atoms with Crippen LogP contribution in [0.4, 0.5) is 0 Å². The van der Waals surface area contributed by atoms with E-state index < -0.39 is 0 Å². The molecule has 0 unspecified atom stereocenters. The van der Waals surface area contributed by atoms with Crippen molar-refractivity contribution in [2.24, 2.45) is 0 Å². The van der Waals surface area contributed by atoms with Gasteiger partial charge >= 0.3 is 0 Å². The summed E-state index contributed by atoms with van der Waals surface area (Å²) < 4.78 is 1.21. The Morgan fingerprint density at radius 3 is 3.08 bits per heavy atom. The Balaban J connectivity index is 2.34. The molecular weight excluding hydrogens is 174 g/mol. The summed E-state index contributed by atoms with van der Waals surface area (Å²) in [6, 6.07) is 3.59. The largest absolute Gasteiger partial charge is 0.289 e. The molecule has 0 atom stereocenters. The van der Waals surface area contributed by atoms with Crippen LogP contribution >= 0.6 is 11.3 Å². The Labute approximate surface area is 72.5 Å². The normalized spacial score (nSPS) is 10.0. The van der Waals surface area contributed by atoms with Crippen molar-refractivity contribution in [3.05, 3.63) is 35.0 Å². The summed E-state index contributed by atoms with van der Waals surface area (Å²) in [4.78, 5) is 15.8. The van der Waals surface area contributed by atoms with E-state index in [0.717, 1.165) is 0 Å². The summed E-state index contributed by atoms with van der Waals surface area (Å²) >= 11 is 1.39. The lowest BCUT2D eigenvalue weighted by molar-refractivity contribution is 0.0949. The van der Waals surface area contributed by atoms with Crippen LogP contribution in [0.1, 0.15) is 9.67 Å². The number of aromatic nitrogens is 3. The predicted molar refractivity (Wildman–Crippen MR) is 44.1 cm³/mol. The molecule has 0 spiro atoms. The number of thiophene rings is 1. The fourth-order valence-corrected chi connectivity index (χ4v) is 1.48. The van der Waals surface area contributed by atoms with Crippen LogP contribution in [-0.2, 0) is 0 Å². The van der Waals surface area contributed by atoms with Crippen LogP contribution in [0.3, 0.4) is 0 Å². The van der Waals surface area contributed by atoms with Crippen molar-refractivity contribution >= 4 is 17.2 Å². The maximum absolute atomic E-state index is 11.4. The SMILES string of the molecule is O=C(c1cccs1)n1cncn1. The molecule has 2 heterocycles. The summed E-state index contributed by atoms with van der Waals surface area (Å²) in [5, 5.41) is 5.59. The highest BCUT2D eigenvalue weighted by molar-refractivity contribution is 7.12. The highest BCUT2D eigenvalue weighted by atomic mass is 32.1. The number of carbonyl (C=O) groups is 1. The van der Waals surface area contributed by atoms with Gasteiger partial charge in [0.25, 0.3) is 5.91 Å². The molecule has 0 fully saturated rings. The number of hydrogen-bond donors (Lipinski definition) is 0. The van der Waals surface area contributed by atoms with Crippen molar-refractivity contribution in [1.29, 1.82) is 0 Å². The summed E-state index contributed by atoms with van der Waals surface area (Å²) in [7, 11) is 0. The van der Waals surface area contributed by atoms with Crippen molar-refractivity contribution in [2.45, 2.75) is 0 Å². The lowest BCUT2D eigenvalue weighted by Crippen LogP contribution is -2.10. The van der Waals surface area contributed by atoms with Crippen molar-refractivity contribution in [3.8, 4) is 0 Å². The molecule has 60 valence electrons. The zero-order valence-electron chi connectivity index (χ0n) is 6.04. The Bertz CT molecular complexity index is 329. The molecule has 0 N–H and O–H groups in total. The minimum absolute atomic E-state index is 0.137. The molecule has 0 aliphatic heterocycles. The van der Waals surface area contributed by atoms with Crippen LogP contribution in [0, 0.1) is 0 Å². The van der Waals surface area contributed by atoms with Crippen molar-refractivity contribution in [3.63, 3.8) is 0 Å². The van der Waals surface area contributed by atoms with Gasteiger partial charge in [-0.15, -0.1) is 11.3 Å².